The summed E-state index contributed by atoms with van der Waals surface area (Å²) in [5.41, 5.74) is 5.90. The number of esters is 8. The van der Waals surface area contributed by atoms with Crippen LogP contribution in [0, 0.1) is 55.4 Å². The summed E-state index contributed by atoms with van der Waals surface area (Å²) in [5, 5.41) is 0. The fraction of sp³-hybridized carbons (Fsp3) is 0.538. The van der Waals surface area contributed by atoms with Crippen LogP contribution in [-0.4, -0.2) is 119 Å². The standard InChI is InChI=1S/2C26H36N2O8/c2*1-9-33-23(29)19-15(5)27(16(6)20(19)24(30)34-10-2)13-14-28-17(7)21(25(31)35-11-3)22(18(28)8)26(32)36-12-4/h2*9-14H2,1-8H3. The maximum absolute atomic E-state index is 12.7. The molecule has 0 aliphatic carbocycles. The quantitative estimate of drug-likeness (QED) is 0.0539. The van der Waals surface area contributed by atoms with Gasteiger partial charge in [0.25, 0.3) is 0 Å². The minimum absolute atomic E-state index is 0.166. The zero-order valence-corrected chi connectivity index (χ0v) is 44.8. The van der Waals surface area contributed by atoms with Gasteiger partial charge < -0.3 is 56.2 Å². The molecule has 0 aliphatic heterocycles. The molecule has 0 N–H and O–H groups in total. The van der Waals surface area contributed by atoms with Gasteiger partial charge in [0, 0.05) is 71.7 Å². The van der Waals surface area contributed by atoms with Gasteiger partial charge in [-0.2, -0.15) is 0 Å². The third-order valence-corrected chi connectivity index (χ3v) is 12.1. The van der Waals surface area contributed by atoms with Crippen molar-refractivity contribution in [3.05, 3.63) is 90.1 Å². The Morgan fingerprint density at radius 2 is 0.333 bits per heavy atom. The van der Waals surface area contributed by atoms with Crippen LogP contribution in [0.25, 0.3) is 0 Å². The van der Waals surface area contributed by atoms with Gasteiger partial charge in [0.2, 0.25) is 0 Å². The molecule has 0 amide bonds. The van der Waals surface area contributed by atoms with Crippen molar-refractivity contribution in [2.75, 3.05) is 52.9 Å². The zero-order valence-electron chi connectivity index (χ0n) is 44.8. The van der Waals surface area contributed by atoms with Crippen molar-refractivity contribution in [3.8, 4) is 0 Å². The van der Waals surface area contributed by atoms with Crippen molar-refractivity contribution in [1.82, 2.24) is 18.3 Å². The largest absolute Gasteiger partial charge is 0.462 e. The SMILES string of the molecule is CCOC(=O)c1c(C(=O)OCC)c(C)n(CCn2c(C)c(C(=O)OCC)c(C(=O)OCC)c2C)c1C.CCOC(=O)c1c(C(=O)OCC)c(C)n(CCn2c(C)c(C(=O)OCC)c(C(=O)OCC)c2C)c1C. The van der Waals surface area contributed by atoms with Crippen molar-refractivity contribution in [2.45, 2.75) is 137 Å². The Kier molecular flexibility index (Phi) is 22.1. The van der Waals surface area contributed by atoms with E-state index in [-0.39, 0.29) is 97.4 Å². The van der Waals surface area contributed by atoms with Gasteiger partial charge in [0.1, 0.15) is 0 Å². The van der Waals surface area contributed by atoms with E-state index < -0.39 is 47.8 Å². The van der Waals surface area contributed by atoms with Crippen LogP contribution in [0.5, 0.6) is 0 Å². The first-order valence-corrected chi connectivity index (χ1v) is 24.3. The summed E-state index contributed by atoms with van der Waals surface area (Å²) in [7, 11) is 0. The Balaban J connectivity index is 0.000000380. The van der Waals surface area contributed by atoms with E-state index in [9.17, 15) is 38.4 Å². The van der Waals surface area contributed by atoms with Gasteiger partial charge in [0.05, 0.1) is 97.4 Å². The molecule has 20 nitrogen and oxygen atoms in total. The van der Waals surface area contributed by atoms with Crippen LogP contribution in [-0.2, 0) is 64.1 Å². The highest BCUT2D eigenvalue weighted by Crippen LogP contribution is 2.30. The molecular formula is C52H72N4O16. The van der Waals surface area contributed by atoms with Crippen LogP contribution >= 0.6 is 0 Å². The van der Waals surface area contributed by atoms with Crippen LogP contribution in [0.4, 0.5) is 0 Å². The molecule has 0 saturated heterocycles. The van der Waals surface area contributed by atoms with Crippen molar-refractivity contribution in [1.29, 1.82) is 0 Å². The van der Waals surface area contributed by atoms with Crippen LogP contribution in [0.1, 0.15) is 184 Å². The van der Waals surface area contributed by atoms with Gasteiger partial charge in [-0.05, 0) is 111 Å². The number of rotatable bonds is 22. The Bertz CT molecular complexity index is 2150. The molecule has 0 unspecified atom stereocenters. The maximum atomic E-state index is 12.7. The number of ether oxygens (including phenoxy) is 8. The summed E-state index contributed by atoms with van der Waals surface area (Å²) in [6, 6.07) is 0. The third-order valence-electron chi connectivity index (χ3n) is 12.1. The molecule has 4 aromatic rings. The molecule has 4 aromatic heterocycles. The molecule has 0 aliphatic rings. The molecule has 0 aromatic carbocycles. The number of hydrogen-bond donors (Lipinski definition) is 0. The van der Waals surface area contributed by atoms with Crippen LogP contribution in [0.15, 0.2) is 0 Å². The van der Waals surface area contributed by atoms with E-state index in [1.165, 1.54) is 0 Å². The van der Waals surface area contributed by atoms with Gasteiger partial charge in [-0.1, -0.05) is 0 Å². The van der Waals surface area contributed by atoms with Crippen molar-refractivity contribution in [3.63, 3.8) is 0 Å². The summed E-state index contributed by atoms with van der Waals surface area (Å²) in [6.45, 7) is 30.2. The monoisotopic (exact) mass is 1010 g/mol. The van der Waals surface area contributed by atoms with Crippen LogP contribution in [0.2, 0.25) is 0 Å². The fourth-order valence-electron chi connectivity index (χ4n) is 8.90. The van der Waals surface area contributed by atoms with Crippen LogP contribution < -0.4 is 0 Å². The summed E-state index contributed by atoms with van der Waals surface area (Å²) in [6.07, 6.45) is 0. The molecule has 4 rings (SSSR count). The number of carbonyl (C=O) groups excluding carboxylic acids is 8. The van der Waals surface area contributed by atoms with E-state index in [0.717, 1.165) is 0 Å². The predicted octanol–water partition coefficient (Wildman–Crippen LogP) is 7.86. The second-order valence-electron chi connectivity index (χ2n) is 16.1. The third kappa shape index (κ3) is 12.5. The number of aromatic nitrogens is 4. The molecule has 0 bridgehead atoms. The molecule has 0 spiro atoms. The molecule has 396 valence electrons. The predicted molar refractivity (Wildman–Crippen MR) is 263 cm³/mol. The number of carbonyl (C=O) groups is 8. The number of nitrogens with zero attached hydrogens (tertiary/aromatic N) is 4. The van der Waals surface area contributed by atoms with E-state index in [2.05, 4.69) is 0 Å². The molecule has 72 heavy (non-hydrogen) atoms. The lowest BCUT2D eigenvalue weighted by Crippen LogP contribution is -2.14. The second-order valence-corrected chi connectivity index (χ2v) is 16.1. The molecule has 0 radical (unpaired) electrons. The zero-order chi connectivity index (χ0) is 54.3. The van der Waals surface area contributed by atoms with Crippen molar-refractivity contribution < 1.29 is 76.3 Å². The minimum atomic E-state index is -0.595. The second kappa shape index (κ2) is 26.9. The Morgan fingerprint density at radius 1 is 0.236 bits per heavy atom. The molecule has 4 heterocycles. The Hall–Kier alpha value is -7.12. The van der Waals surface area contributed by atoms with Gasteiger partial charge >= 0.3 is 47.8 Å². The summed E-state index contributed by atoms with van der Waals surface area (Å²) < 4.78 is 48.9. The Morgan fingerprint density at radius 3 is 0.417 bits per heavy atom. The van der Waals surface area contributed by atoms with E-state index in [0.29, 0.717) is 71.7 Å². The first-order valence-electron chi connectivity index (χ1n) is 24.3. The van der Waals surface area contributed by atoms with E-state index >= 15 is 0 Å². The summed E-state index contributed by atoms with van der Waals surface area (Å²) in [4.78, 5) is 102. The first kappa shape index (κ1) is 59.2. The van der Waals surface area contributed by atoms with E-state index in [1.54, 1.807) is 111 Å². The smallest absolute Gasteiger partial charge is 0.340 e. The average molecular weight is 1010 g/mol. The van der Waals surface area contributed by atoms with Crippen molar-refractivity contribution >= 4 is 47.8 Å². The van der Waals surface area contributed by atoms with Gasteiger partial charge in [-0.15, -0.1) is 0 Å². The lowest BCUT2D eigenvalue weighted by atomic mass is 10.1. The highest BCUT2D eigenvalue weighted by Gasteiger charge is 2.34. The number of hydrogen-bond acceptors (Lipinski definition) is 16. The van der Waals surface area contributed by atoms with Gasteiger partial charge in [0.15, 0.2) is 0 Å². The van der Waals surface area contributed by atoms with Gasteiger partial charge in [-0.25, -0.2) is 38.4 Å². The maximum Gasteiger partial charge on any atom is 0.340 e. The highest BCUT2D eigenvalue weighted by molar-refractivity contribution is 6.07. The lowest BCUT2D eigenvalue weighted by Gasteiger charge is -2.14. The van der Waals surface area contributed by atoms with Crippen molar-refractivity contribution in [2.24, 2.45) is 0 Å². The average Bonchev–Trinajstić information content (AvgIpc) is 3.93. The fourth-order valence-corrected chi connectivity index (χ4v) is 8.90. The molecule has 0 fully saturated rings. The highest BCUT2D eigenvalue weighted by atomic mass is 16.6. The van der Waals surface area contributed by atoms with E-state index in [4.69, 9.17) is 37.9 Å². The molecule has 0 atom stereocenters. The van der Waals surface area contributed by atoms with Gasteiger partial charge in [-0.3, -0.25) is 0 Å². The molecule has 20 heteroatoms. The van der Waals surface area contributed by atoms with E-state index in [1.807, 2.05) is 18.3 Å². The summed E-state index contributed by atoms with van der Waals surface area (Å²) in [5.74, 6) is -4.76. The molecule has 0 saturated carbocycles. The lowest BCUT2D eigenvalue weighted by molar-refractivity contribution is 0.0479. The first-order chi connectivity index (χ1) is 34.1. The summed E-state index contributed by atoms with van der Waals surface area (Å²) >= 11 is 0. The topological polar surface area (TPSA) is 230 Å². The normalized spacial score (nSPS) is 10.8. The molecular weight excluding hydrogens is 937 g/mol. The minimum Gasteiger partial charge on any atom is -0.462 e. The van der Waals surface area contributed by atoms with Crippen LogP contribution in [0.3, 0.4) is 0 Å². The Labute approximate surface area is 421 Å².